The Morgan fingerprint density at radius 2 is 1.86 bits per heavy atom. The maximum absolute atomic E-state index is 10.3. The van der Waals surface area contributed by atoms with E-state index >= 15 is 0 Å². The molecule has 0 unspecified atom stereocenters. The molecule has 0 aromatic carbocycles. The van der Waals surface area contributed by atoms with Crippen LogP contribution in [-0.2, 0) is 0 Å². The Labute approximate surface area is 76.1 Å². The molecular formula is C4H4N6O4. The quantitative estimate of drug-likeness (QED) is 0.370. The van der Waals surface area contributed by atoms with Gasteiger partial charge in [-0.3, -0.25) is 20.2 Å². The fraction of sp³-hybridized carbons (Fsp3) is 0.250. The second kappa shape index (κ2) is 3.55. The lowest BCUT2D eigenvalue weighted by Gasteiger charge is -1.99. The van der Waals surface area contributed by atoms with Crippen LogP contribution in [0.15, 0.2) is 6.33 Å². The van der Waals surface area contributed by atoms with Gasteiger partial charge in [-0.05, 0) is 0 Å². The van der Waals surface area contributed by atoms with Crippen molar-refractivity contribution < 1.29 is 9.85 Å². The van der Waals surface area contributed by atoms with E-state index in [9.17, 15) is 20.2 Å². The second-order valence-corrected chi connectivity index (χ2v) is 2.15. The highest BCUT2D eigenvalue weighted by Crippen LogP contribution is 2.11. The van der Waals surface area contributed by atoms with Crippen LogP contribution in [0.2, 0.25) is 0 Å². The molecule has 0 saturated carbocycles. The van der Waals surface area contributed by atoms with E-state index < -0.39 is 21.8 Å². The third-order valence-electron chi connectivity index (χ3n) is 1.24. The zero-order chi connectivity index (χ0) is 10.7. The van der Waals surface area contributed by atoms with E-state index in [1.54, 1.807) is 0 Å². The normalized spacial score (nSPS) is 10.1. The molecule has 0 atom stereocenters. The molecule has 1 aromatic rings. The van der Waals surface area contributed by atoms with Gasteiger partial charge < -0.3 is 5.73 Å². The first kappa shape index (κ1) is 9.70. The Bertz CT molecular complexity index is 366. The van der Waals surface area contributed by atoms with E-state index in [4.69, 9.17) is 5.73 Å². The minimum atomic E-state index is -2.21. The van der Waals surface area contributed by atoms with E-state index in [2.05, 4.69) is 15.0 Å². The molecule has 0 aliphatic heterocycles. The van der Waals surface area contributed by atoms with Gasteiger partial charge in [0.05, 0.1) is 0 Å². The minimum Gasteiger partial charge on any atom is -0.368 e. The van der Waals surface area contributed by atoms with Crippen molar-refractivity contribution in [3.63, 3.8) is 0 Å². The smallest absolute Gasteiger partial charge is 0.368 e. The highest BCUT2D eigenvalue weighted by molar-refractivity contribution is 5.12. The van der Waals surface area contributed by atoms with Crippen LogP contribution >= 0.6 is 0 Å². The molecule has 0 amide bonds. The zero-order valence-corrected chi connectivity index (χ0v) is 6.60. The summed E-state index contributed by atoms with van der Waals surface area (Å²) in [6.45, 7) is 0. The van der Waals surface area contributed by atoms with E-state index in [0.29, 0.717) is 0 Å². The Balaban J connectivity index is 3.12. The summed E-state index contributed by atoms with van der Waals surface area (Å²) in [7, 11) is 0. The number of nitro groups is 2. The van der Waals surface area contributed by atoms with Crippen molar-refractivity contribution in [2.24, 2.45) is 0 Å². The monoisotopic (exact) mass is 200 g/mol. The van der Waals surface area contributed by atoms with Crippen molar-refractivity contribution in [1.29, 1.82) is 0 Å². The van der Waals surface area contributed by atoms with Crippen molar-refractivity contribution in [1.82, 2.24) is 15.0 Å². The molecule has 10 heteroatoms. The lowest BCUT2D eigenvalue weighted by molar-refractivity contribution is -0.754. The van der Waals surface area contributed by atoms with Crippen molar-refractivity contribution >= 4 is 5.95 Å². The van der Waals surface area contributed by atoms with Crippen molar-refractivity contribution in [3.8, 4) is 0 Å². The van der Waals surface area contributed by atoms with Gasteiger partial charge in [0, 0.05) is 0 Å². The molecule has 0 aliphatic rings. The van der Waals surface area contributed by atoms with Gasteiger partial charge in [-0.1, -0.05) is 0 Å². The van der Waals surface area contributed by atoms with Gasteiger partial charge in [-0.15, -0.1) is 0 Å². The van der Waals surface area contributed by atoms with Crippen LogP contribution in [0.25, 0.3) is 0 Å². The molecule has 0 aliphatic carbocycles. The van der Waals surface area contributed by atoms with Gasteiger partial charge >= 0.3 is 6.17 Å². The summed E-state index contributed by atoms with van der Waals surface area (Å²) in [5, 5.41) is 20.6. The minimum absolute atomic E-state index is 0.302. The first-order chi connectivity index (χ1) is 6.52. The molecule has 14 heavy (non-hydrogen) atoms. The largest absolute Gasteiger partial charge is 0.509 e. The molecule has 1 aromatic heterocycles. The number of aromatic nitrogens is 3. The third kappa shape index (κ3) is 1.85. The van der Waals surface area contributed by atoms with Crippen LogP contribution < -0.4 is 5.73 Å². The first-order valence-electron chi connectivity index (χ1n) is 3.23. The number of nitrogen functional groups attached to an aromatic ring is 1. The second-order valence-electron chi connectivity index (χ2n) is 2.15. The fourth-order valence-corrected chi connectivity index (χ4v) is 0.712. The molecule has 0 fully saturated rings. The molecule has 2 N–H and O–H groups in total. The van der Waals surface area contributed by atoms with Gasteiger partial charge in [-0.2, -0.15) is 4.98 Å². The number of nitrogens with two attached hydrogens (primary N) is 1. The fourth-order valence-electron chi connectivity index (χ4n) is 0.712. The number of hydrogen-bond acceptors (Lipinski definition) is 8. The molecule has 1 rings (SSSR count). The van der Waals surface area contributed by atoms with Gasteiger partial charge in [0.15, 0.2) is 0 Å². The van der Waals surface area contributed by atoms with Crippen molar-refractivity contribution in [3.05, 3.63) is 32.4 Å². The third-order valence-corrected chi connectivity index (χ3v) is 1.24. The molecule has 0 bridgehead atoms. The van der Waals surface area contributed by atoms with Gasteiger partial charge in [-0.25, -0.2) is 9.97 Å². The average molecular weight is 200 g/mol. The number of rotatable bonds is 3. The molecular weight excluding hydrogens is 196 g/mol. The molecule has 0 saturated heterocycles. The molecule has 10 nitrogen and oxygen atoms in total. The summed E-state index contributed by atoms with van der Waals surface area (Å²) in [5.74, 6) is -0.892. The Kier molecular flexibility index (Phi) is 2.46. The number of anilines is 1. The summed E-state index contributed by atoms with van der Waals surface area (Å²) >= 11 is 0. The maximum atomic E-state index is 10.3. The molecule has 0 spiro atoms. The highest BCUT2D eigenvalue weighted by atomic mass is 16.7. The Morgan fingerprint density at radius 3 is 2.29 bits per heavy atom. The van der Waals surface area contributed by atoms with Crippen molar-refractivity contribution in [2.75, 3.05) is 5.73 Å². The van der Waals surface area contributed by atoms with Gasteiger partial charge in [0.1, 0.15) is 16.2 Å². The predicted molar refractivity (Wildman–Crippen MR) is 41.0 cm³/mol. The topological polar surface area (TPSA) is 151 Å². The standard InChI is InChI=1S/C4H4N6O4/c5-4-7-1-6-2(8-4)3(9(11)12)10(13)14/h1,3H,(H2,5,6,7,8). The highest BCUT2D eigenvalue weighted by Gasteiger charge is 2.38. The average Bonchev–Trinajstić information content (AvgIpc) is 2.02. The summed E-state index contributed by atoms with van der Waals surface area (Å²) in [6.07, 6.45) is -1.34. The summed E-state index contributed by atoms with van der Waals surface area (Å²) in [4.78, 5) is 28.3. The van der Waals surface area contributed by atoms with E-state index in [1.807, 2.05) is 0 Å². The van der Waals surface area contributed by atoms with Crippen LogP contribution in [0.3, 0.4) is 0 Å². The van der Waals surface area contributed by atoms with E-state index in [-0.39, 0.29) is 5.95 Å². The van der Waals surface area contributed by atoms with Crippen LogP contribution in [-0.4, -0.2) is 24.8 Å². The lowest BCUT2D eigenvalue weighted by atomic mass is 10.5. The van der Waals surface area contributed by atoms with Gasteiger partial charge in [0.25, 0.3) is 5.82 Å². The Hall–Kier alpha value is -2.39. The van der Waals surface area contributed by atoms with Crippen molar-refractivity contribution in [2.45, 2.75) is 6.17 Å². The summed E-state index contributed by atoms with van der Waals surface area (Å²) in [5.41, 5.74) is 5.09. The van der Waals surface area contributed by atoms with Crippen LogP contribution in [0.4, 0.5) is 5.95 Å². The molecule has 1 heterocycles. The maximum Gasteiger partial charge on any atom is 0.509 e. The van der Waals surface area contributed by atoms with E-state index in [1.165, 1.54) is 0 Å². The van der Waals surface area contributed by atoms with Crippen LogP contribution in [0.5, 0.6) is 0 Å². The zero-order valence-electron chi connectivity index (χ0n) is 6.60. The van der Waals surface area contributed by atoms with E-state index in [0.717, 1.165) is 6.33 Å². The first-order valence-corrected chi connectivity index (χ1v) is 3.23. The lowest BCUT2D eigenvalue weighted by Crippen LogP contribution is -2.22. The summed E-state index contributed by atoms with van der Waals surface area (Å²) < 4.78 is 0. The Morgan fingerprint density at radius 1 is 1.29 bits per heavy atom. The molecule has 74 valence electrons. The summed E-state index contributed by atoms with van der Waals surface area (Å²) in [6, 6.07) is 0. The molecule has 0 radical (unpaired) electrons. The SMILES string of the molecule is Nc1ncnc(C([N+](=O)[O-])[N+](=O)[O-])n1. The number of nitrogens with zero attached hydrogens (tertiary/aromatic N) is 5. The predicted octanol–water partition coefficient (Wildman–Crippen LogP) is -0.994. The number of hydrogen-bond donors (Lipinski definition) is 1. The van der Waals surface area contributed by atoms with Gasteiger partial charge in [0.2, 0.25) is 5.95 Å². The van der Waals surface area contributed by atoms with Crippen LogP contribution in [0.1, 0.15) is 12.0 Å². The van der Waals surface area contributed by atoms with Crippen LogP contribution in [0, 0.1) is 20.2 Å².